The largest absolute Gasteiger partial charge is 0.381 e. The molecule has 2 saturated heterocycles. The minimum absolute atomic E-state index is 0.138. The Labute approximate surface area is 186 Å². The molecular formula is C24H38N4O3. The van der Waals surface area contributed by atoms with Crippen molar-refractivity contribution in [2.45, 2.75) is 32.1 Å². The number of amides is 1. The Balaban J connectivity index is 1.68. The van der Waals surface area contributed by atoms with Crippen molar-refractivity contribution in [2.75, 3.05) is 66.2 Å². The highest BCUT2D eigenvalue weighted by Crippen LogP contribution is 2.21. The van der Waals surface area contributed by atoms with Crippen molar-refractivity contribution in [3.63, 3.8) is 0 Å². The molecule has 7 heteroatoms. The van der Waals surface area contributed by atoms with E-state index >= 15 is 0 Å². The van der Waals surface area contributed by atoms with Crippen LogP contribution >= 0.6 is 0 Å². The fourth-order valence-corrected chi connectivity index (χ4v) is 4.18. The zero-order valence-electron chi connectivity index (χ0n) is 19.1. The van der Waals surface area contributed by atoms with Gasteiger partial charge in [0.1, 0.15) is 0 Å². The predicted molar refractivity (Wildman–Crippen MR) is 123 cm³/mol. The summed E-state index contributed by atoms with van der Waals surface area (Å²) in [4.78, 5) is 22.3. The predicted octanol–water partition coefficient (Wildman–Crippen LogP) is 2.34. The van der Waals surface area contributed by atoms with E-state index in [-0.39, 0.29) is 11.8 Å². The lowest BCUT2D eigenvalue weighted by Gasteiger charge is -2.30. The third-order valence-corrected chi connectivity index (χ3v) is 6.16. The van der Waals surface area contributed by atoms with Gasteiger partial charge in [-0.05, 0) is 37.7 Å². The second-order valence-corrected chi connectivity index (χ2v) is 8.36. The third-order valence-electron chi connectivity index (χ3n) is 6.16. The first-order valence-electron chi connectivity index (χ1n) is 11.7. The molecule has 1 aromatic carbocycles. The van der Waals surface area contributed by atoms with Gasteiger partial charge in [-0.25, -0.2) is 0 Å². The van der Waals surface area contributed by atoms with E-state index in [0.29, 0.717) is 32.8 Å². The summed E-state index contributed by atoms with van der Waals surface area (Å²) in [6.07, 6.45) is 3.43. The van der Waals surface area contributed by atoms with Gasteiger partial charge in [-0.15, -0.1) is 0 Å². The first-order chi connectivity index (χ1) is 15.2. The summed E-state index contributed by atoms with van der Waals surface area (Å²) in [6.45, 7) is 8.53. The summed E-state index contributed by atoms with van der Waals surface area (Å²) in [5.74, 6) is 1.44. The average molecular weight is 431 g/mol. The molecule has 0 spiro atoms. The minimum Gasteiger partial charge on any atom is -0.381 e. The van der Waals surface area contributed by atoms with Crippen molar-refractivity contribution in [1.82, 2.24) is 15.1 Å². The van der Waals surface area contributed by atoms with Gasteiger partial charge in [0.15, 0.2) is 5.96 Å². The van der Waals surface area contributed by atoms with Crippen LogP contribution in [0, 0.1) is 5.92 Å². The lowest BCUT2D eigenvalue weighted by molar-refractivity contribution is -0.136. The second kappa shape index (κ2) is 12.7. The molecule has 0 aromatic heterocycles. The van der Waals surface area contributed by atoms with Crippen LogP contribution in [0.3, 0.4) is 0 Å². The van der Waals surface area contributed by atoms with Gasteiger partial charge in [-0.1, -0.05) is 30.3 Å². The highest BCUT2D eigenvalue weighted by Gasteiger charge is 2.27. The van der Waals surface area contributed by atoms with Crippen LogP contribution in [0.1, 0.15) is 37.7 Å². The molecule has 0 aliphatic carbocycles. The molecule has 31 heavy (non-hydrogen) atoms. The number of ether oxygens (including phenoxy) is 2. The Morgan fingerprint density at radius 3 is 2.52 bits per heavy atom. The maximum absolute atomic E-state index is 13.3. The molecule has 172 valence electrons. The number of carbonyl (C=O) groups excluding carboxylic acids is 1. The second-order valence-electron chi connectivity index (χ2n) is 8.36. The van der Waals surface area contributed by atoms with E-state index in [1.807, 2.05) is 35.2 Å². The molecule has 1 unspecified atom stereocenters. The highest BCUT2D eigenvalue weighted by molar-refractivity contribution is 5.85. The van der Waals surface area contributed by atoms with E-state index in [4.69, 9.17) is 14.5 Å². The SMILES string of the molecule is CCNC(=NCC(C(=O)N1CCOCC1)c1ccccc1)N(C)CCC1CCOCC1. The molecule has 1 atom stereocenters. The van der Waals surface area contributed by atoms with Crippen LogP contribution in [0.2, 0.25) is 0 Å². The summed E-state index contributed by atoms with van der Waals surface area (Å²) in [6, 6.07) is 10.0. The number of nitrogens with zero attached hydrogens (tertiary/aromatic N) is 3. The van der Waals surface area contributed by atoms with Gasteiger partial charge < -0.3 is 24.6 Å². The van der Waals surface area contributed by atoms with Gasteiger partial charge in [-0.3, -0.25) is 9.79 Å². The van der Waals surface area contributed by atoms with E-state index in [0.717, 1.165) is 63.0 Å². The molecule has 0 saturated carbocycles. The lowest BCUT2D eigenvalue weighted by Crippen LogP contribution is -2.44. The van der Waals surface area contributed by atoms with Crippen LogP contribution in [-0.4, -0.2) is 87.9 Å². The van der Waals surface area contributed by atoms with Crippen molar-refractivity contribution >= 4 is 11.9 Å². The summed E-state index contributed by atoms with van der Waals surface area (Å²) < 4.78 is 10.9. The number of nitrogens with one attached hydrogen (secondary N) is 1. The van der Waals surface area contributed by atoms with Crippen molar-refractivity contribution in [3.8, 4) is 0 Å². The molecule has 0 bridgehead atoms. The van der Waals surface area contributed by atoms with Crippen molar-refractivity contribution in [1.29, 1.82) is 0 Å². The van der Waals surface area contributed by atoms with Crippen molar-refractivity contribution < 1.29 is 14.3 Å². The smallest absolute Gasteiger partial charge is 0.232 e. The summed E-state index contributed by atoms with van der Waals surface area (Å²) in [7, 11) is 2.09. The van der Waals surface area contributed by atoms with E-state index in [2.05, 4.69) is 24.2 Å². The Morgan fingerprint density at radius 2 is 1.84 bits per heavy atom. The highest BCUT2D eigenvalue weighted by atomic mass is 16.5. The molecule has 1 aromatic rings. The van der Waals surface area contributed by atoms with Crippen LogP contribution in [0.15, 0.2) is 35.3 Å². The van der Waals surface area contributed by atoms with E-state index in [9.17, 15) is 4.79 Å². The maximum atomic E-state index is 13.3. The van der Waals surface area contributed by atoms with E-state index in [1.54, 1.807) is 0 Å². The minimum atomic E-state index is -0.281. The first kappa shape index (κ1) is 23.5. The zero-order chi connectivity index (χ0) is 21.9. The average Bonchev–Trinajstić information content (AvgIpc) is 2.83. The van der Waals surface area contributed by atoms with Gasteiger partial charge in [0.2, 0.25) is 5.91 Å². The Bertz CT molecular complexity index is 685. The van der Waals surface area contributed by atoms with E-state index in [1.165, 1.54) is 0 Å². The Kier molecular flexibility index (Phi) is 9.62. The van der Waals surface area contributed by atoms with Gasteiger partial charge in [-0.2, -0.15) is 0 Å². The molecule has 2 aliphatic heterocycles. The molecule has 7 nitrogen and oxygen atoms in total. The number of hydrogen-bond donors (Lipinski definition) is 1. The van der Waals surface area contributed by atoms with Gasteiger partial charge >= 0.3 is 0 Å². The molecule has 2 aliphatic rings. The van der Waals surface area contributed by atoms with Gasteiger partial charge in [0.25, 0.3) is 0 Å². The molecule has 1 N–H and O–H groups in total. The normalized spacial score (nSPS) is 19.2. The molecule has 1 amide bonds. The van der Waals surface area contributed by atoms with Crippen LogP contribution in [0.25, 0.3) is 0 Å². The fourth-order valence-electron chi connectivity index (χ4n) is 4.18. The third kappa shape index (κ3) is 7.21. The zero-order valence-corrected chi connectivity index (χ0v) is 19.1. The summed E-state index contributed by atoms with van der Waals surface area (Å²) in [5.41, 5.74) is 1.02. The first-order valence-corrected chi connectivity index (χ1v) is 11.7. The molecule has 2 heterocycles. The number of morpholine rings is 1. The molecular weight excluding hydrogens is 392 g/mol. The number of rotatable bonds is 8. The Morgan fingerprint density at radius 1 is 1.16 bits per heavy atom. The van der Waals surface area contributed by atoms with Gasteiger partial charge in [0.05, 0.1) is 25.7 Å². The topological polar surface area (TPSA) is 66.4 Å². The van der Waals surface area contributed by atoms with Crippen LogP contribution < -0.4 is 5.32 Å². The molecule has 2 fully saturated rings. The summed E-state index contributed by atoms with van der Waals surface area (Å²) >= 11 is 0. The van der Waals surface area contributed by atoms with Crippen molar-refractivity contribution in [3.05, 3.63) is 35.9 Å². The number of aliphatic imine (C=N–C) groups is 1. The monoisotopic (exact) mass is 430 g/mol. The number of benzene rings is 1. The number of hydrogen-bond acceptors (Lipinski definition) is 4. The van der Waals surface area contributed by atoms with Crippen molar-refractivity contribution in [2.24, 2.45) is 10.9 Å². The van der Waals surface area contributed by atoms with Crippen LogP contribution in [-0.2, 0) is 14.3 Å². The quantitative estimate of drug-likeness (QED) is 0.507. The standard InChI is InChI=1S/C24H38N4O3/c1-3-25-24(27(2)12-9-20-10-15-30-16-11-20)26-19-22(21-7-5-4-6-8-21)23(29)28-13-17-31-18-14-28/h4-8,20,22H,3,9-19H2,1-2H3,(H,25,26). The maximum Gasteiger partial charge on any atom is 0.232 e. The van der Waals surface area contributed by atoms with Gasteiger partial charge in [0, 0.05) is 46.4 Å². The number of guanidine groups is 1. The lowest BCUT2D eigenvalue weighted by atomic mass is 9.96. The summed E-state index contributed by atoms with van der Waals surface area (Å²) in [5, 5.41) is 3.40. The van der Waals surface area contributed by atoms with Crippen LogP contribution in [0.4, 0.5) is 0 Å². The fraction of sp³-hybridized carbons (Fsp3) is 0.667. The molecule has 3 rings (SSSR count). The Hall–Kier alpha value is -2.12. The van der Waals surface area contributed by atoms with Crippen LogP contribution in [0.5, 0.6) is 0 Å². The number of carbonyl (C=O) groups is 1. The molecule has 0 radical (unpaired) electrons. The van der Waals surface area contributed by atoms with E-state index < -0.39 is 0 Å².